The summed E-state index contributed by atoms with van der Waals surface area (Å²) in [7, 11) is 0. The van der Waals surface area contributed by atoms with Crippen LogP contribution in [0.2, 0.25) is 0 Å². The standard InChI is InChI=1S/C72H43NO/c1-2-19-45-41-69-59(40-44(45)18-1)58-28-17-27-57(70(58)74-69)56-26-9-16-35-68(56)73(46-36-38-54-52-24-7-14-33-64(52)71(66(54)42-46)60-29-10-3-20-48(60)49-21-4-11-30-61(49)71)47-37-39-55-53-25-8-15-34-65(53)72(67(55)43-47)62-31-12-5-22-50(62)51-23-6-13-32-63(51)72/h1-43H. The molecule has 2 spiro atoms. The highest BCUT2D eigenvalue weighted by Crippen LogP contribution is 2.65. The Bertz CT molecular complexity index is 4270. The third-order valence-corrected chi connectivity index (χ3v) is 17.3. The van der Waals surface area contributed by atoms with Crippen LogP contribution in [0.5, 0.6) is 0 Å². The molecule has 0 unspecified atom stereocenters. The summed E-state index contributed by atoms with van der Waals surface area (Å²) in [6.07, 6.45) is 0. The molecule has 0 N–H and O–H groups in total. The molecule has 0 bridgehead atoms. The fraction of sp³-hybridized carbons (Fsp3) is 0.0278. The van der Waals surface area contributed by atoms with Gasteiger partial charge in [0.15, 0.2) is 0 Å². The molecular weight excluding hydrogens is 895 g/mol. The summed E-state index contributed by atoms with van der Waals surface area (Å²) in [5.41, 5.74) is 27.0. The van der Waals surface area contributed by atoms with Crippen LogP contribution in [0.3, 0.4) is 0 Å². The molecule has 4 aliphatic carbocycles. The summed E-state index contributed by atoms with van der Waals surface area (Å²) in [5.74, 6) is 0. The SMILES string of the molecule is c1ccc(N(c2ccc3c(c2)C2(c4ccccc4-c4ccccc42)c2ccccc2-3)c2ccc3c(c2)C2(c4ccccc4-c4ccccc42)c2ccccc2-3)c(-c2cccc3c2oc2cc4ccccc4cc23)c1. The second kappa shape index (κ2) is 14.6. The van der Waals surface area contributed by atoms with Crippen molar-refractivity contribution in [2.75, 3.05) is 4.90 Å². The highest BCUT2D eigenvalue weighted by molar-refractivity contribution is 6.14. The zero-order valence-corrected chi connectivity index (χ0v) is 40.2. The van der Waals surface area contributed by atoms with E-state index >= 15 is 0 Å². The van der Waals surface area contributed by atoms with Crippen LogP contribution < -0.4 is 4.90 Å². The molecule has 12 aromatic carbocycles. The Morgan fingerprint density at radius 1 is 0.257 bits per heavy atom. The Kier molecular flexibility index (Phi) is 7.90. The van der Waals surface area contributed by atoms with Gasteiger partial charge in [-0.15, -0.1) is 0 Å². The fourth-order valence-corrected chi connectivity index (χ4v) is 14.5. The number of benzene rings is 12. The predicted octanol–water partition coefficient (Wildman–Crippen LogP) is 18.6. The molecule has 2 nitrogen and oxygen atoms in total. The van der Waals surface area contributed by atoms with Gasteiger partial charge in [0.25, 0.3) is 0 Å². The van der Waals surface area contributed by atoms with E-state index in [9.17, 15) is 0 Å². The molecule has 1 heterocycles. The third kappa shape index (κ3) is 4.95. The smallest absolute Gasteiger partial charge is 0.143 e. The normalized spacial score (nSPS) is 14.2. The maximum absolute atomic E-state index is 7.03. The van der Waals surface area contributed by atoms with E-state index in [1.807, 2.05) is 0 Å². The topological polar surface area (TPSA) is 16.4 Å². The first-order valence-corrected chi connectivity index (χ1v) is 25.8. The van der Waals surface area contributed by atoms with Crippen molar-refractivity contribution in [1.29, 1.82) is 0 Å². The summed E-state index contributed by atoms with van der Waals surface area (Å²) >= 11 is 0. The van der Waals surface area contributed by atoms with E-state index in [1.165, 1.54) is 99.8 Å². The maximum atomic E-state index is 7.03. The second-order valence-electron chi connectivity index (χ2n) is 20.6. The first kappa shape index (κ1) is 40.1. The minimum absolute atomic E-state index is 0.509. The van der Waals surface area contributed by atoms with Gasteiger partial charge in [-0.25, -0.2) is 0 Å². The lowest BCUT2D eigenvalue weighted by molar-refractivity contribution is 0.670. The molecule has 0 radical (unpaired) electrons. The molecule has 74 heavy (non-hydrogen) atoms. The molecule has 13 aromatic rings. The number of furan rings is 1. The van der Waals surface area contributed by atoms with E-state index in [2.05, 4.69) is 266 Å². The average molecular weight is 938 g/mol. The lowest BCUT2D eigenvalue weighted by atomic mass is 9.70. The zero-order valence-electron chi connectivity index (χ0n) is 40.2. The van der Waals surface area contributed by atoms with Crippen LogP contribution in [-0.2, 0) is 10.8 Å². The second-order valence-corrected chi connectivity index (χ2v) is 20.6. The molecule has 0 fully saturated rings. The molecule has 0 atom stereocenters. The fourth-order valence-electron chi connectivity index (χ4n) is 14.5. The van der Waals surface area contributed by atoms with Gasteiger partial charge in [0.1, 0.15) is 11.2 Å². The van der Waals surface area contributed by atoms with Gasteiger partial charge in [0.2, 0.25) is 0 Å². The monoisotopic (exact) mass is 937 g/mol. The minimum atomic E-state index is -0.509. The molecule has 0 saturated carbocycles. The van der Waals surface area contributed by atoms with Gasteiger partial charge in [0, 0.05) is 33.3 Å². The number of rotatable bonds is 4. The van der Waals surface area contributed by atoms with Gasteiger partial charge in [-0.3, -0.25) is 0 Å². The summed E-state index contributed by atoms with van der Waals surface area (Å²) in [4.78, 5) is 2.54. The first-order valence-electron chi connectivity index (χ1n) is 25.8. The Morgan fingerprint density at radius 3 is 1.08 bits per heavy atom. The average Bonchev–Trinajstić information content (AvgIpc) is 4.30. The van der Waals surface area contributed by atoms with Crippen LogP contribution in [-0.4, -0.2) is 0 Å². The first-order chi connectivity index (χ1) is 36.7. The van der Waals surface area contributed by atoms with Crippen LogP contribution in [0.25, 0.3) is 88.3 Å². The molecule has 4 aliphatic rings. The van der Waals surface area contributed by atoms with Crippen LogP contribution >= 0.6 is 0 Å². The van der Waals surface area contributed by atoms with Gasteiger partial charge in [0.05, 0.1) is 16.5 Å². The molecule has 342 valence electrons. The van der Waals surface area contributed by atoms with Crippen LogP contribution in [0, 0.1) is 0 Å². The quantitative estimate of drug-likeness (QED) is 0.175. The van der Waals surface area contributed by atoms with E-state index in [1.54, 1.807) is 0 Å². The Balaban J connectivity index is 0.959. The van der Waals surface area contributed by atoms with Crippen molar-refractivity contribution in [3.8, 4) is 55.6 Å². The molecular formula is C72H43NO. The van der Waals surface area contributed by atoms with Crippen LogP contribution in [0.15, 0.2) is 265 Å². The third-order valence-electron chi connectivity index (χ3n) is 17.3. The summed E-state index contributed by atoms with van der Waals surface area (Å²) < 4.78 is 7.03. The van der Waals surface area contributed by atoms with Crippen LogP contribution in [0.4, 0.5) is 17.1 Å². The van der Waals surface area contributed by atoms with Crippen molar-refractivity contribution >= 4 is 49.8 Å². The molecule has 2 heteroatoms. The van der Waals surface area contributed by atoms with E-state index in [4.69, 9.17) is 4.42 Å². The van der Waals surface area contributed by atoms with Crippen molar-refractivity contribution in [3.63, 3.8) is 0 Å². The number of hydrogen-bond acceptors (Lipinski definition) is 2. The highest BCUT2D eigenvalue weighted by Gasteiger charge is 2.53. The summed E-state index contributed by atoms with van der Waals surface area (Å²) in [6.45, 7) is 0. The minimum Gasteiger partial charge on any atom is -0.455 e. The van der Waals surface area contributed by atoms with Crippen molar-refractivity contribution in [3.05, 3.63) is 305 Å². The van der Waals surface area contributed by atoms with E-state index in [-0.39, 0.29) is 0 Å². The van der Waals surface area contributed by atoms with Gasteiger partial charge in [-0.05, 0) is 142 Å². The number of fused-ring (bicyclic) bond motifs is 24. The lowest BCUT2D eigenvalue weighted by Crippen LogP contribution is -2.26. The molecule has 0 amide bonds. The van der Waals surface area contributed by atoms with Crippen molar-refractivity contribution in [2.45, 2.75) is 10.8 Å². The number of para-hydroxylation sites is 2. The predicted molar refractivity (Wildman–Crippen MR) is 304 cm³/mol. The van der Waals surface area contributed by atoms with E-state index in [0.717, 1.165) is 50.1 Å². The largest absolute Gasteiger partial charge is 0.455 e. The van der Waals surface area contributed by atoms with Gasteiger partial charge in [-0.2, -0.15) is 0 Å². The maximum Gasteiger partial charge on any atom is 0.143 e. The van der Waals surface area contributed by atoms with Gasteiger partial charge < -0.3 is 9.32 Å². The van der Waals surface area contributed by atoms with Crippen molar-refractivity contribution in [2.24, 2.45) is 0 Å². The Hall–Kier alpha value is -9.50. The summed E-state index contributed by atoms with van der Waals surface area (Å²) in [6, 6.07) is 97.8. The van der Waals surface area contributed by atoms with E-state index in [0.29, 0.717) is 0 Å². The molecule has 1 aromatic heterocycles. The van der Waals surface area contributed by atoms with E-state index < -0.39 is 10.8 Å². The molecule has 17 rings (SSSR count). The number of hydrogen-bond donors (Lipinski definition) is 0. The Morgan fingerprint density at radius 2 is 0.622 bits per heavy atom. The number of anilines is 3. The highest BCUT2D eigenvalue weighted by atomic mass is 16.3. The van der Waals surface area contributed by atoms with Gasteiger partial charge in [-0.1, -0.05) is 218 Å². The number of nitrogens with zero attached hydrogens (tertiary/aromatic N) is 1. The molecule has 0 aliphatic heterocycles. The zero-order chi connectivity index (χ0) is 48.3. The Labute approximate surface area is 428 Å². The molecule has 0 saturated heterocycles. The summed E-state index contributed by atoms with van der Waals surface area (Å²) in [5, 5.41) is 4.60. The van der Waals surface area contributed by atoms with Crippen LogP contribution in [0.1, 0.15) is 44.5 Å². The van der Waals surface area contributed by atoms with Gasteiger partial charge >= 0.3 is 0 Å². The van der Waals surface area contributed by atoms with Crippen molar-refractivity contribution in [1.82, 2.24) is 0 Å². The van der Waals surface area contributed by atoms with Crippen molar-refractivity contribution < 1.29 is 4.42 Å². The lowest BCUT2D eigenvalue weighted by Gasteiger charge is -2.34.